The summed E-state index contributed by atoms with van der Waals surface area (Å²) < 4.78 is 10.5. The minimum Gasteiger partial charge on any atom is -0.497 e. The van der Waals surface area contributed by atoms with E-state index in [0.29, 0.717) is 0 Å². The maximum Gasteiger partial charge on any atom is 0.170 e. The number of ketones is 1. The summed E-state index contributed by atoms with van der Waals surface area (Å²) in [7, 11) is 3.29. The second-order valence-corrected chi connectivity index (χ2v) is 5.26. The summed E-state index contributed by atoms with van der Waals surface area (Å²) in [6.45, 7) is 0. The first kappa shape index (κ1) is 13.7. The number of benzene rings is 2. The summed E-state index contributed by atoms with van der Waals surface area (Å²) in [5.41, 5.74) is 2.93. The van der Waals surface area contributed by atoms with Crippen LogP contribution in [-0.2, 0) is 6.42 Å². The molecule has 0 fully saturated rings. The van der Waals surface area contributed by atoms with E-state index in [1.165, 1.54) is 0 Å². The fraction of sp³-hybridized carbons (Fsp3) is 0.278. The van der Waals surface area contributed by atoms with Gasteiger partial charge in [0.05, 0.1) is 14.2 Å². The number of hydrogen-bond donors (Lipinski definition) is 0. The fourth-order valence-corrected chi connectivity index (χ4v) is 2.94. The summed E-state index contributed by atoms with van der Waals surface area (Å²) in [4.78, 5) is 12.7. The lowest BCUT2D eigenvalue weighted by Crippen LogP contribution is -2.21. The zero-order valence-electron chi connectivity index (χ0n) is 12.3. The highest BCUT2D eigenvalue weighted by Gasteiger charge is 2.29. The molecule has 0 aliphatic heterocycles. The minimum absolute atomic E-state index is 0.0824. The molecule has 2 aromatic rings. The molecular weight excluding hydrogens is 264 g/mol. The van der Waals surface area contributed by atoms with Gasteiger partial charge in [-0.1, -0.05) is 12.1 Å². The van der Waals surface area contributed by atoms with Gasteiger partial charge in [-0.15, -0.1) is 0 Å². The van der Waals surface area contributed by atoms with E-state index in [1.807, 2.05) is 42.5 Å². The molecule has 3 nitrogen and oxygen atoms in total. The number of carbonyl (C=O) groups excluding carboxylic acids is 1. The molecule has 0 spiro atoms. The number of ether oxygens (including phenoxy) is 2. The van der Waals surface area contributed by atoms with Gasteiger partial charge in [-0.25, -0.2) is 0 Å². The Morgan fingerprint density at radius 2 is 1.76 bits per heavy atom. The topological polar surface area (TPSA) is 35.5 Å². The highest BCUT2D eigenvalue weighted by Crippen LogP contribution is 2.35. The third kappa shape index (κ3) is 2.51. The molecule has 0 aromatic heterocycles. The van der Waals surface area contributed by atoms with Gasteiger partial charge in [0.1, 0.15) is 11.5 Å². The van der Waals surface area contributed by atoms with Crippen molar-refractivity contribution in [3.63, 3.8) is 0 Å². The largest absolute Gasteiger partial charge is 0.497 e. The SMILES string of the molecule is COc1cccc(C2CCc3cc(OC)ccc3C2=O)c1. The summed E-state index contributed by atoms with van der Waals surface area (Å²) in [6.07, 6.45) is 1.71. The van der Waals surface area contributed by atoms with Gasteiger partial charge >= 0.3 is 0 Å². The van der Waals surface area contributed by atoms with Gasteiger partial charge in [0.25, 0.3) is 0 Å². The molecule has 3 heteroatoms. The van der Waals surface area contributed by atoms with Crippen molar-refractivity contribution >= 4 is 5.78 Å². The number of carbonyl (C=O) groups is 1. The third-order valence-corrected chi connectivity index (χ3v) is 4.09. The minimum atomic E-state index is -0.0824. The van der Waals surface area contributed by atoms with Crippen LogP contribution in [0.15, 0.2) is 42.5 Å². The Kier molecular flexibility index (Phi) is 3.65. The number of methoxy groups -OCH3 is 2. The lowest BCUT2D eigenvalue weighted by molar-refractivity contribution is 0.0946. The average Bonchev–Trinajstić information content (AvgIpc) is 2.55. The number of aryl methyl sites for hydroxylation is 1. The molecule has 1 unspecified atom stereocenters. The van der Waals surface area contributed by atoms with Crippen LogP contribution in [0.5, 0.6) is 11.5 Å². The van der Waals surface area contributed by atoms with Crippen LogP contribution in [0.3, 0.4) is 0 Å². The van der Waals surface area contributed by atoms with Crippen LogP contribution >= 0.6 is 0 Å². The molecule has 0 saturated heterocycles. The molecule has 3 rings (SSSR count). The van der Waals surface area contributed by atoms with Crippen molar-refractivity contribution < 1.29 is 14.3 Å². The zero-order chi connectivity index (χ0) is 14.8. The van der Waals surface area contributed by atoms with Gasteiger partial charge in [0.2, 0.25) is 0 Å². The maximum atomic E-state index is 12.7. The molecule has 108 valence electrons. The van der Waals surface area contributed by atoms with Crippen LogP contribution in [0.25, 0.3) is 0 Å². The first-order valence-electron chi connectivity index (χ1n) is 7.08. The number of rotatable bonds is 3. The average molecular weight is 282 g/mol. The molecule has 0 heterocycles. The lowest BCUT2D eigenvalue weighted by Gasteiger charge is -2.24. The fourth-order valence-electron chi connectivity index (χ4n) is 2.94. The molecule has 0 saturated carbocycles. The van der Waals surface area contributed by atoms with E-state index in [9.17, 15) is 4.79 Å². The molecule has 2 aromatic carbocycles. The zero-order valence-corrected chi connectivity index (χ0v) is 12.3. The third-order valence-electron chi connectivity index (χ3n) is 4.09. The van der Waals surface area contributed by atoms with Crippen molar-refractivity contribution in [3.8, 4) is 11.5 Å². The molecule has 0 radical (unpaired) electrons. The summed E-state index contributed by atoms with van der Waals surface area (Å²) in [6, 6.07) is 13.5. The monoisotopic (exact) mass is 282 g/mol. The second kappa shape index (κ2) is 5.60. The number of fused-ring (bicyclic) bond motifs is 1. The highest BCUT2D eigenvalue weighted by molar-refractivity contribution is 6.03. The number of hydrogen-bond acceptors (Lipinski definition) is 3. The Morgan fingerprint density at radius 1 is 1.00 bits per heavy atom. The van der Waals surface area contributed by atoms with Crippen molar-refractivity contribution in [2.75, 3.05) is 14.2 Å². The van der Waals surface area contributed by atoms with Crippen LogP contribution in [-0.4, -0.2) is 20.0 Å². The summed E-state index contributed by atoms with van der Waals surface area (Å²) in [5, 5.41) is 0. The van der Waals surface area contributed by atoms with Crippen LogP contribution in [0.2, 0.25) is 0 Å². The van der Waals surface area contributed by atoms with Crippen LogP contribution in [0.1, 0.15) is 33.8 Å². The molecular formula is C18H18O3. The van der Waals surface area contributed by atoms with E-state index in [1.54, 1.807) is 14.2 Å². The van der Waals surface area contributed by atoms with Crippen LogP contribution in [0.4, 0.5) is 0 Å². The van der Waals surface area contributed by atoms with Gasteiger partial charge in [-0.2, -0.15) is 0 Å². The molecule has 1 aliphatic carbocycles. The quantitative estimate of drug-likeness (QED) is 0.862. The van der Waals surface area contributed by atoms with Gasteiger partial charge in [0.15, 0.2) is 5.78 Å². The van der Waals surface area contributed by atoms with E-state index >= 15 is 0 Å². The molecule has 0 bridgehead atoms. The molecule has 1 aliphatic rings. The predicted molar refractivity (Wildman–Crippen MR) is 81.4 cm³/mol. The first-order valence-corrected chi connectivity index (χ1v) is 7.08. The molecule has 0 N–H and O–H groups in total. The lowest BCUT2D eigenvalue weighted by atomic mass is 9.79. The normalized spacial score (nSPS) is 17.2. The van der Waals surface area contributed by atoms with Crippen molar-refractivity contribution in [1.82, 2.24) is 0 Å². The maximum absolute atomic E-state index is 12.7. The first-order chi connectivity index (χ1) is 10.2. The van der Waals surface area contributed by atoms with Crippen molar-refractivity contribution in [3.05, 3.63) is 59.2 Å². The Hall–Kier alpha value is -2.29. The van der Waals surface area contributed by atoms with Crippen molar-refractivity contribution in [2.24, 2.45) is 0 Å². The Labute approximate surface area is 124 Å². The van der Waals surface area contributed by atoms with Gasteiger partial charge in [0, 0.05) is 11.5 Å². The Bertz CT molecular complexity index is 676. The van der Waals surface area contributed by atoms with E-state index < -0.39 is 0 Å². The second-order valence-electron chi connectivity index (χ2n) is 5.26. The predicted octanol–water partition coefficient (Wildman–Crippen LogP) is 3.62. The van der Waals surface area contributed by atoms with Crippen molar-refractivity contribution in [2.45, 2.75) is 18.8 Å². The van der Waals surface area contributed by atoms with E-state index in [-0.39, 0.29) is 11.7 Å². The Morgan fingerprint density at radius 3 is 2.52 bits per heavy atom. The smallest absolute Gasteiger partial charge is 0.170 e. The van der Waals surface area contributed by atoms with Gasteiger partial charge in [-0.3, -0.25) is 4.79 Å². The van der Waals surface area contributed by atoms with Crippen LogP contribution in [0, 0.1) is 0 Å². The standard InChI is InChI=1S/C18H18O3/c1-20-14-5-3-4-12(10-14)16-8-6-13-11-15(21-2)7-9-17(13)18(16)19/h3-5,7,9-11,16H,6,8H2,1-2H3. The summed E-state index contributed by atoms with van der Waals surface area (Å²) in [5.74, 6) is 1.70. The molecule has 1 atom stereocenters. The molecule has 21 heavy (non-hydrogen) atoms. The highest BCUT2D eigenvalue weighted by atomic mass is 16.5. The van der Waals surface area contributed by atoms with Gasteiger partial charge < -0.3 is 9.47 Å². The molecule has 0 amide bonds. The van der Waals surface area contributed by atoms with E-state index in [4.69, 9.17) is 9.47 Å². The Balaban J connectivity index is 1.94. The summed E-state index contributed by atoms with van der Waals surface area (Å²) >= 11 is 0. The van der Waals surface area contributed by atoms with Crippen LogP contribution < -0.4 is 9.47 Å². The van der Waals surface area contributed by atoms with E-state index in [2.05, 4.69) is 0 Å². The number of Topliss-reactive ketones (excluding diaryl/α,β-unsaturated/α-hetero) is 1. The van der Waals surface area contributed by atoms with Gasteiger partial charge in [-0.05, 0) is 54.3 Å². The van der Waals surface area contributed by atoms with E-state index in [0.717, 1.165) is 41.0 Å². The van der Waals surface area contributed by atoms with Crippen molar-refractivity contribution in [1.29, 1.82) is 0 Å².